The Balaban J connectivity index is 1.49. The summed E-state index contributed by atoms with van der Waals surface area (Å²) in [6.07, 6.45) is 30.7. The number of nitrogens with zero attached hydrogens (tertiary/aromatic N) is 2. The molecule has 0 fully saturated rings. The van der Waals surface area contributed by atoms with E-state index >= 15 is 0 Å². The molecule has 6 rings (SSSR count). The molecule has 0 N–H and O–H groups in total. The van der Waals surface area contributed by atoms with Crippen molar-refractivity contribution < 1.29 is 0 Å². The molecule has 68 heavy (non-hydrogen) atoms. The molecule has 0 spiro atoms. The predicted octanol–water partition coefficient (Wildman–Crippen LogP) is 18.8. The minimum absolute atomic E-state index is 0.00997. The first-order valence-electron chi connectivity index (χ1n) is 26.2. The number of rotatable bonds is 23. The van der Waals surface area contributed by atoms with E-state index in [2.05, 4.69) is 217 Å². The van der Waals surface area contributed by atoms with Crippen molar-refractivity contribution in [2.24, 2.45) is 22.2 Å². The molecule has 362 valence electrons. The first-order valence-corrected chi connectivity index (χ1v) is 27.0. The lowest BCUT2D eigenvalue weighted by Gasteiger charge is -2.41. The first-order chi connectivity index (χ1) is 32.2. The Morgan fingerprint density at radius 1 is 0.794 bits per heavy atom. The molecule has 4 aromatic rings. The maximum Gasteiger partial charge on any atom is 0.257 e. The molecule has 0 saturated heterocycles. The third kappa shape index (κ3) is 12.2. The van der Waals surface area contributed by atoms with Crippen LogP contribution in [0.2, 0.25) is 0 Å². The fourth-order valence-electron chi connectivity index (χ4n) is 10.3. The quantitative estimate of drug-likeness (QED) is 0.0415. The van der Waals surface area contributed by atoms with Gasteiger partial charge >= 0.3 is 0 Å². The van der Waals surface area contributed by atoms with E-state index in [9.17, 15) is 0 Å². The summed E-state index contributed by atoms with van der Waals surface area (Å²) in [5.41, 5.74) is 13.5. The number of thiophene rings is 1. The topological polar surface area (TPSA) is 6.48 Å². The molecule has 3 heterocycles. The molecule has 2 aliphatic rings. The van der Waals surface area contributed by atoms with Gasteiger partial charge in [0.1, 0.15) is 0 Å². The van der Waals surface area contributed by atoms with Crippen molar-refractivity contribution in [1.82, 2.24) is 0 Å². The molecule has 2 unspecified atom stereocenters. The maximum atomic E-state index is 4.44. The molecule has 2 atom stereocenters. The van der Waals surface area contributed by atoms with E-state index in [1.165, 1.54) is 110 Å². The molecule has 1 aromatic heterocycles. The minimum Gasteiger partial charge on any atom is -0.319 e. The largest absolute Gasteiger partial charge is 0.319 e. The number of fused-ring (bicyclic) bond motifs is 4. The number of anilines is 4. The lowest BCUT2D eigenvalue weighted by molar-refractivity contribution is 0.242. The average Bonchev–Trinajstić information content (AvgIpc) is 3.67. The van der Waals surface area contributed by atoms with E-state index in [4.69, 9.17) is 0 Å². The summed E-state index contributed by atoms with van der Waals surface area (Å²) in [4.78, 5) is 5.15. The van der Waals surface area contributed by atoms with Gasteiger partial charge < -0.3 is 9.80 Å². The van der Waals surface area contributed by atoms with Gasteiger partial charge in [0, 0.05) is 43.8 Å². The van der Waals surface area contributed by atoms with Gasteiger partial charge in [-0.05, 0) is 156 Å². The van der Waals surface area contributed by atoms with E-state index in [0.29, 0.717) is 11.8 Å². The Bertz CT molecular complexity index is 2530. The van der Waals surface area contributed by atoms with Crippen LogP contribution in [0.15, 0.2) is 140 Å². The summed E-state index contributed by atoms with van der Waals surface area (Å²) in [7, 11) is 0. The summed E-state index contributed by atoms with van der Waals surface area (Å²) in [6, 6.07) is 21.7. The van der Waals surface area contributed by atoms with E-state index in [1.54, 1.807) is 0 Å². The zero-order chi connectivity index (χ0) is 49.6. The Kier molecular flexibility index (Phi) is 17.1. The second-order valence-corrected chi connectivity index (χ2v) is 24.8. The maximum absolute atomic E-state index is 4.44. The minimum atomic E-state index is -0.00997. The fourth-order valence-corrected chi connectivity index (χ4v) is 11.5. The summed E-state index contributed by atoms with van der Waals surface area (Å²) >= 11 is 1.98. The molecule has 3 aromatic carbocycles. The van der Waals surface area contributed by atoms with Crippen LogP contribution in [0.25, 0.3) is 10.1 Å². The fraction of sp³-hybridized carbons (Fsp3) is 0.469. The number of hydrogen-bond acceptors (Lipinski definition) is 3. The number of allylic oxidation sites excluding steroid dienone is 8. The monoisotopic (exact) mass is 927 g/mol. The van der Waals surface area contributed by atoms with Crippen molar-refractivity contribution in [2.45, 2.75) is 172 Å². The number of unbranched alkanes of at least 4 members (excludes halogenated alkanes) is 2. The highest BCUT2D eigenvalue weighted by atomic mass is 32.1. The molecule has 2 aliphatic heterocycles. The van der Waals surface area contributed by atoms with Crippen LogP contribution < -0.4 is 20.0 Å². The number of aryl methyl sites for hydroxylation is 1. The highest BCUT2D eigenvalue weighted by Crippen LogP contribution is 2.48. The summed E-state index contributed by atoms with van der Waals surface area (Å²) in [5, 5.41) is 1.35. The predicted molar refractivity (Wildman–Crippen MR) is 308 cm³/mol. The Morgan fingerprint density at radius 3 is 2.07 bits per heavy atom. The number of hydrogen-bond donors (Lipinski definition) is 0. The molecule has 0 radical (unpaired) electrons. The zero-order valence-corrected chi connectivity index (χ0v) is 45.6. The zero-order valence-electron chi connectivity index (χ0n) is 44.8. The van der Waals surface area contributed by atoms with Crippen LogP contribution in [-0.2, 0) is 5.41 Å². The van der Waals surface area contributed by atoms with Crippen LogP contribution >= 0.6 is 11.3 Å². The lowest BCUT2D eigenvalue weighted by Crippen LogP contribution is -2.52. The van der Waals surface area contributed by atoms with Gasteiger partial charge in [-0.15, -0.1) is 24.5 Å². The van der Waals surface area contributed by atoms with Crippen molar-refractivity contribution in [1.29, 1.82) is 0 Å². The van der Waals surface area contributed by atoms with Crippen LogP contribution in [0, 0.1) is 29.1 Å². The third-order valence-corrected chi connectivity index (χ3v) is 16.4. The second-order valence-electron chi connectivity index (χ2n) is 23.7. The smallest absolute Gasteiger partial charge is 0.257 e. The summed E-state index contributed by atoms with van der Waals surface area (Å²) in [5.74, 6) is 3.49. The first kappa shape index (κ1) is 52.8. The van der Waals surface area contributed by atoms with E-state index in [1.807, 2.05) is 23.5 Å². The summed E-state index contributed by atoms with van der Waals surface area (Å²) < 4.78 is 2.77. The third-order valence-electron chi connectivity index (χ3n) is 15.1. The molecule has 0 bridgehead atoms. The summed E-state index contributed by atoms with van der Waals surface area (Å²) in [6.45, 7) is 43.3. The van der Waals surface area contributed by atoms with Crippen LogP contribution in [0.1, 0.15) is 176 Å². The van der Waals surface area contributed by atoms with Gasteiger partial charge in [-0.2, -0.15) is 0 Å². The SMILES string of the molecule is C=CCC(C=C)/C=C/CC(C)(C)CCC(C)(C)C/C=C/N1C(/C=C(\C=C)C(C)(C)CCCC)=CB2c3sc4ccc(C(C)(C)C)cc4c3N(c3ccc(C(C)CCCC)cc3)c3cc(C)cc1c32. The van der Waals surface area contributed by atoms with Gasteiger partial charge in [0.25, 0.3) is 6.71 Å². The molecular formula is C64H87BN2S. The standard InChI is InChI=1S/C64H87BN2S/c1-17-22-27-47(7)49-29-32-52(33-30-49)67-56-42-46(6)41-55-58(56)65(60-59(67)54-44-51(61(8,9)10)31-34-57(54)68-60)45-53(43-50(21-5)64(15,16)37-23-18-2)66(55)40-25-36-63(13,14)39-38-62(11,12)35-24-28-48(20-4)26-19-3/h19-21,24-25,28-34,40-45,47-48H,3-5,17-18,22-23,26-27,35-39H2,1-2,6-16H3/b28-24+,40-25+,50-43+. The van der Waals surface area contributed by atoms with Gasteiger partial charge in [0.15, 0.2) is 0 Å². The van der Waals surface area contributed by atoms with Crippen molar-refractivity contribution in [3.63, 3.8) is 0 Å². The molecule has 0 amide bonds. The van der Waals surface area contributed by atoms with Crippen LogP contribution in [0.4, 0.5) is 22.7 Å². The van der Waals surface area contributed by atoms with Gasteiger partial charge in [0.05, 0.1) is 5.69 Å². The highest BCUT2D eigenvalue weighted by Gasteiger charge is 2.42. The Morgan fingerprint density at radius 2 is 1.46 bits per heavy atom. The van der Waals surface area contributed by atoms with Gasteiger partial charge in [-0.3, -0.25) is 0 Å². The molecular weight excluding hydrogens is 840 g/mol. The molecule has 4 heteroatoms. The molecule has 0 aliphatic carbocycles. The van der Waals surface area contributed by atoms with Crippen molar-refractivity contribution in [2.75, 3.05) is 9.80 Å². The van der Waals surface area contributed by atoms with Crippen LogP contribution in [-0.4, -0.2) is 6.71 Å². The van der Waals surface area contributed by atoms with Gasteiger partial charge in [0.2, 0.25) is 0 Å². The van der Waals surface area contributed by atoms with Crippen molar-refractivity contribution in [3.05, 3.63) is 157 Å². The van der Waals surface area contributed by atoms with E-state index < -0.39 is 0 Å². The molecule has 2 nitrogen and oxygen atoms in total. The van der Waals surface area contributed by atoms with Crippen molar-refractivity contribution in [3.8, 4) is 0 Å². The van der Waals surface area contributed by atoms with Crippen LogP contribution in [0.5, 0.6) is 0 Å². The Labute approximate surface area is 419 Å². The van der Waals surface area contributed by atoms with E-state index in [-0.39, 0.29) is 28.4 Å². The number of benzene rings is 3. The molecule has 0 saturated carbocycles. The van der Waals surface area contributed by atoms with E-state index in [0.717, 1.165) is 32.1 Å². The van der Waals surface area contributed by atoms with Gasteiger partial charge in [-0.25, -0.2) is 0 Å². The van der Waals surface area contributed by atoms with Crippen molar-refractivity contribution >= 4 is 61.1 Å². The van der Waals surface area contributed by atoms with Gasteiger partial charge in [-0.1, -0.05) is 176 Å². The van der Waals surface area contributed by atoms with Crippen LogP contribution in [0.3, 0.4) is 0 Å². The highest BCUT2D eigenvalue weighted by molar-refractivity contribution is 7.32. The second kappa shape index (κ2) is 22.0. The lowest BCUT2D eigenvalue weighted by atomic mass is 9.40. The Hall–Kier alpha value is -4.54. The average molecular weight is 927 g/mol. The normalized spacial score (nSPS) is 15.5.